The molecule has 0 spiro atoms. The van der Waals surface area contributed by atoms with Crippen LogP contribution >= 0.6 is 0 Å². The lowest BCUT2D eigenvalue weighted by Crippen LogP contribution is -2.49. The van der Waals surface area contributed by atoms with Crippen molar-refractivity contribution < 1.29 is 17.9 Å². The molecule has 0 saturated carbocycles. The van der Waals surface area contributed by atoms with E-state index < -0.39 is 10.0 Å². The number of hydrogen-bond acceptors (Lipinski definition) is 8. The molecular weight excluding hydrogens is 444 g/mol. The Bertz CT molecular complexity index is 1270. The molecule has 0 bridgehead atoms. The van der Waals surface area contributed by atoms with Crippen molar-refractivity contribution in [3.63, 3.8) is 0 Å². The second-order valence-corrected chi connectivity index (χ2v) is 9.89. The molecule has 0 atom stereocenters. The first-order valence-electron chi connectivity index (χ1n) is 10.6. The Morgan fingerprint density at radius 2 is 1.82 bits per heavy atom. The molecule has 2 N–H and O–H groups in total. The first kappa shape index (κ1) is 22.9. The van der Waals surface area contributed by atoms with E-state index in [1.165, 1.54) is 12.3 Å². The molecule has 1 aromatic carbocycles. The fraction of sp³-hybridized carbons (Fsp3) is 0.364. The van der Waals surface area contributed by atoms with E-state index in [0.717, 1.165) is 5.56 Å². The number of primary sulfonamides is 1. The molecule has 1 aliphatic heterocycles. The molecule has 3 heterocycles. The van der Waals surface area contributed by atoms with Crippen molar-refractivity contribution in [3.8, 4) is 11.1 Å². The zero-order valence-corrected chi connectivity index (χ0v) is 19.3. The van der Waals surface area contributed by atoms with Gasteiger partial charge >= 0.3 is 6.09 Å². The zero-order valence-electron chi connectivity index (χ0n) is 18.5. The van der Waals surface area contributed by atoms with Crippen molar-refractivity contribution in [1.82, 2.24) is 19.9 Å². The van der Waals surface area contributed by atoms with Crippen molar-refractivity contribution in [3.05, 3.63) is 42.9 Å². The van der Waals surface area contributed by atoms with Crippen LogP contribution in [0, 0.1) is 5.92 Å². The van der Waals surface area contributed by atoms with Gasteiger partial charge in [-0.25, -0.2) is 23.3 Å². The van der Waals surface area contributed by atoms with Crippen LogP contribution in [-0.2, 0) is 14.8 Å². The maximum Gasteiger partial charge on any atom is 0.409 e. The molecule has 0 radical (unpaired) electrons. The van der Waals surface area contributed by atoms with Crippen molar-refractivity contribution in [2.45, 2.75) is 18.7 Å². The summed E-state index contributed by atoms with van der Waals surface area (Å²) < 4.78 is 28.6. The van der Waals surface area contributed by atoms with Crippen molar-refractivity contribution in [2.75, 3.05) is 37.7 Å². The third-order valence-corrected chi connectivity index (χ3v) is 6.19. The van der Waals surface area contributed by atoms with Gasteiger partial charge in [-0.05, 0) is 29.7 Å². The Balaban J connectivity index is 1.51. The third kappa shape index (κ3) is 5.37. The maximum atomic E-state index is 12.2. The summed E-state index contributed by atoms with van der Waals surface area (Å²) in [6.07, 6.45) is 4.23. The molecule has 3 aromatic rings. The minimum Gasteiger partial charge on any atom is -0.449 e. The highest BCUT2D eigenvalue weighted by atomic mass is 32.2. The van der Waals surface area contributed by atoms with E-state index in [2.05, 4.69) is 14.9 Å². The number of hydrogen-bond donors (Lipinski definition) is 1. The van der Waals surface area contributed by atoms with Gasteiger partial charge in [0, 0.05) is 44.1 Å². The fourth-order valence-corrected chi connectivity index (χ4v) is 4.01. The summed E-state index contributed by atoms with van der Waals surface area (Å²) in [5, 5.41) is 5.23. The van der Waals surface area contributed by atoms with Crippen LogP contribution in [0.25, 0.3) is 22.2 Å². The number of rotatable bonds is 5. The molecule has 33 heavy (non-hydrogen) atoms. The normalized spacial score (nSPS) is 14.7. The summed E-state index contributed by atoms with van der Waals surface area (Å²) in [7, 11) is -3.85. The smallest absolute Gasteiger partial charge is 0.409 e. The number of anilines is 1. The number of aromatic nitrogens is 3. The first-order chi connectivity index (χ1) is 15.7. The van der Waals surface area contributed by atoms with E-state index in [0.29, 0.717) is 61.1 Å². The lowest BCUT2D eigenvalue weighted by molar-refractivity contribution is 0.0901. The number of piperazine rings is 1. The zero-order chi connectivity index (χ0) is 23.6. The highest BCUT2D eigenvalue weighted by Crippen LogP contribution is 2.25. The maximum absolute atomic E-state index is 12.2. The van der Waals surface area contributed by atoms with E-state index in [1.807, 2.05) is 32.0 Å². The Kier molecular flexibility index (Phi) is 6.43. The molecule has 4 rings (SSSR count). The summed E-state index contributed by atoms with van der Waals surface area (Å²) in [5.41, 5.74) is 2.76. The number of benzene rings is 1. The second-order valence-electron chi connectivity index (χ2n) is 8.33. The Morgan fingerprint density at radius 1 is 1.06 bits per heavy atom. The van der Waals surface area contributed by atoms with Crippen molar-refractivity contribution in [1.29, 1.82) is 0 Å². The molecule has 10 nitrogen and oxygen atoms in total. The van der Waals surface area contributed by atoms with Crippen LogP contribution in [0.15, 0.2) is 47.8 Å². The Hall–Kier alpha value is -3.31. The number of fused-ring (bicyclic) bond motifs is 1. The second kappa shape index (κ2) is 9.28. The number of sulfonamides is 1. The number of amides is 1. The third-order valence-electron chi connectivity index (χ3n) is 5.31. The summed E-state index contributed by atoms with van der Waals surface area (Å²) >= 11 is 0. The lowest BCUT2D eigenvalue weighted by Gasteiger charge is -2.34. The SMILES string of the molecule is CC(C)COC(=O)N1CCN(c2cnc3ccc(-c4cncc(S(N)(=O)=O)c4)cc3n2)CC1. The topological polar surface area (TPSA) is 132 Å². The summed E-state index contributed by atoms with van der Waals surface area (Å²) in [6.45, 7) is 6.75. The van der Waals surface area contributed by atoms with Crippen LogP contribution in [0.4, 0.5) is 10.6 Å². The number of pyridine rings is 1. The quantitative estimate of drug-likeness (QED) is 0.601. The fourth-order valence-electron chi connectivity index (χ4n) is 3.51. The lowest BCUT2D eigenvalue weighted by atomic mass is 10.1. The summed E-state index contributed by atoms with van der Waals surface area (Å²) in [6, 6.07) is 6.99. The molecule has 1 fully saturated rings. The molecule has 11 heteroatoms. The van der Waals surface area contributed by atoms with E-state index in [1.54, 1.807) is 17.3 Å². The van der Waals surface area contributed by atoms with Crippen molar-refractivity contribution in [2.24, 2.45) is 11.1 Å². The van der Waals surface area contributed by atoms with Crippen LogP contribution in [0.1, 0.15) is 13.8 Å². The minimum absolute atomic E-state index is 0.0512. The van der Waals surface area contributed by atoms with Crippen LogP contribution in [0.3, 0.4) is 0 Å². The van der Waals surface area contributed by atoms with E-state index in [9.17, 15) is 13.2 Å². The van der Waals surface area contributed by atoms with Gasteiger partial charge in [-0.3, -0.25) is 9.97 Å². The van der Waals surface area contributed by atoms with Gasteiger partial charge in [0.1, 0.15) is 10.7 Å². The molecule has 0 aliphatic carbocycles. The van der Waals surface area contributed by atoms with Crippen molar-refractivity contribution >= 4 is 33.0 Å². The van der Waals surface area contributed by atoms with Gasteiger partial charge in [-0.15, -0.1) is 0 Å². The number of ether oxygens (including phenoxy) is 1. The average Bonchev–Trinajstić information content (AvgIpc) is 2.81. The number of nitrogens with zero attached hydrogens (tertiary/aromatic N) is 5. The Labute approximate surface area is 192 Å². The number of carbonyl (C=O) groups excluding carboxylic acids is 1. The van der Waals surface area contributed by atoms with Crippen LogP contribution in [-0.4, -0.2) is 67.1 Å². The van der Waals surface area contributed by atoms with E-state index in [4.69, 9.17) is 14.9 Å². The van der Waals surface area contributed by atoms with Gasteiger partial charge < -0.3 is 14.5 Å². The largest absolute Gasteiger partial charge is 0.449 e. The average molecular weight is 471 g/mol. The molecule has 1 amide bonds. The molecule has 2 aromatic heterocycles. The van der Waals surface area contributed by atoms with Crippen LogP contribution in [0.2, 0.25) is 0 Å². The predicted molar refractivity (Wildman–Crippen MR) is 124 cm³/mol. The van der Waals surface area contributed by atoms with E-state index >= 15 is 0 Å². The van der Waals surface area contributed by atoms with Gasteiger partial charge in [0.25, 0.3) is 0 Å². The van der Waals surface area contributed by atoms with Gasteiger partial charge in [0.05, 0.1) is 23.8 Å². The molecule has 1 saturated heterocycles. The summed E-state index contributed by atoms with van der Waals surface area (Å²) in [4.78, 5) is 29.2. The van der Waals surface area contributed by atoms with Gasteiger partial charge in [-0.1, -0.05) is 19.9 Å². The Morgan fingerprint density at radius 3 is 2.52 bits per heavy atom. The standard InChI is InChI=1S/C22H26N6O4S/c1-15(2)14-32-22(29)28-7-5-27(6-8-28)21-13-25-19-4-3-16(10-20(19)26-21)17-9-18(12-24-11-17)33(23,30)31/h3-4,9-13,15H,5-8,14H2,1-2H3,(H2,23,30,31). The van der Waals surface area contributed by atoms with Crippen LogP contribution < -0.4 is 10.0 Å². The molecule has 0 unspecified atom stereocenters. The molecule has 174 valence electrons. The highest BCUT2D eigenvalue weighted by molar-refractivity contribution is 7.89. The highest BCUT2D eigenvalue weighted by Gasteiger charge is 2.23. The number of nitrogens with two attached hydrogens (primary N) is 1. The van der Waals surface area contributed by atoms with Gasteiger partial charge in [0.2, 0.25) is 10.0 Å². The van der Waals surface area contributed by atoms with E-state index in [-0.39, 0.29) is 11.0 Å². The molecular formula is C22H26N6O4S. The predicted octanol–water partition coefficient (Wildman–Crippen LogP) is 2.25. The minimum atomic E-state index is -3.85. The van der Waals surface area contributed by atoms with Gasteiger partial charge in [0.15, 0.2) is 0 Å². The summed E-state index contributed by atoms with van der Waals surface area (Å²) in [5.74, 6) is 1.01. The number of carbonyl (C=O) groups is 1. The van der Waals surface area contributed by atoms with Crippen LogP contribution in [0.5, 0.6) is 0 Å². The first-order valence-corrected chi connectivity index (χ1v) is 12.2. The van der Waals surface area contributed by atoms with Gasteiger partial charge in [-0.2, -0.15) is 0 Å². The monoisotopic (exact) mass is 470 g/mol. The molecule has 1 aliphatic rings.